The van der Waals surface area contributed by atoms with Gasteiger partial charge in [0.25, 0.3) is 17.4 Å². The van der Waals surface area contributed by atoms with E-state index in [0.29, 0.717) is 19.4 Å². The Kier molecular flexibility index (Phi) is 4.90. The summed E-state index contributed by atoms with van der Waals surface area (Å²) in [5, 5.41) is 2.39. The molecule has 0 aliphatic carbocycles. The zero-order valence-corrected chi connectivity index (χ0v) is 16.5. The van der Waals surface area contributed by atoms with Gasteiger partial charge < -0.3 is 9.80 Å². The number of hydrogen-bond donors (Lipinski definition) is 1. The van der Waals surface area contributed by atoms with Gasteiger partial charge in [0, 0.05) is 39.8 Å². The van der Waals surface area contributed by atoms with Crippen LogP contribution in [-0.4, -0.2) is 62.0 Å². The molecule has 3 rings (SSSR count). The van der Waals surface area contributed by atoms with Gasteiger partial charge in [-0.25, -0.2) is 9.59 Å². The Hall–Kier alpha value is -2.91. The summed E-state index contributed by atoms with van der Waals surface area (Å²) in [5.74, 6) is -0.568. The van der Waals surface area contributed by atoms with Gasteiger partial charge in [-0.3, -0.25) is 28.8 Å². The second-order valence-electron chi connectivity index (χ2n) is 7.86. The highest BCUT2D eigenvalue weighted by Gasteiger charge is 2.54. The molecule has 3 heterocycles. The number of carbonyl (C=O) groups is 3. The van der Waals surface area contributed by atoms with Crippen LogP contribution in [0, 0.1) is 5.92 Å². The SMILES string of the molecule is CC(C)CN1C(=O)NC(=O)C12CCN(C(=O)c1cc(=O)n(C)c(=O)n1C)CC2. The standard InChI is InChI=1S/C18H25N5O5/c1-11(2)10-23-16(27)19-15(26)18(23)5-7-22(8-6-18)14(25)12-9-13(24)21(4)17(28)20(12)3/h9,11H,5-8,10H2,1-4H3,(H,19,26,27). The van der Waals surface area contributed by atoms with Crippen molar-refractivity contribution in [1.82, 2.24) is 24.3 Å². The quantitative estimate of drug-likeness (QED) is 0.682. The minimum Gasteiger partial charge on any atom is -0.337 e. The second-order valence-corrected chi connectivity index (χ2v) is 7.86. The molecule has 28 heavy (non-hydrogen) atoms. The van der Waals surface area contributed by atoms with Crippen LogP contribution in [0.5, 0.6) is 0 Å². The first-order chi connectivity index (χ1) is 13.1. The van der Waals surface area contributed by atoms with E-state index in [1.807, 2.05) is 13.8 Å². The van der Waals surface area contributed by atoms with Gasteiger partial charge in [0.2, 0.25) is 0 Å². The van der Waals surface area contributed by atoms with Gasteiger partial charge in [0.05, 0.1) is 0 Å². The van der Waals surface area contributed by atoms with Crippen LogP contribution in [0.4, 0.5) is 4.79 Å². The molecule has 2 aliphatic heterocycles. The van der Waals surface area contributed by atoms with Crippen molar-refractivity contribution in [2.75, 3.05) is 19.6 Å². The highest BCUT2D eigenvalue weighted by molar-refractivity contribution is 6.07. The molecule has 0 bridgehead atoms. The van der Waals surface area contributed by atoms with Crippen LogP contribution in [0.1, 0.15) is 37.2 Å². The Morgan fingerprint density at radius 2 is 1.71 bits per heavy atom. The summed E-state index contributed by atoms with van der Waals surface area (Å²) in [6.07, 6.45) is 0.615. The summed E-state index contributed by atoms with van der Waals surface area (Å²) in [4.78, 5) is 64.7. The summed E-state index contributed by atoms with van der Waals surface area (Å²) in [7, 11) is 2.79. The average Bonchev–Trinajstić information content (AvgIpc) is 2.86. The maximum atomic E-state index is 12.9. The number of aromatic nitrogens is 2. The lowest BCUT2D eigenvalue weighted by Gasteiger charge is -2.42. The molecule has 1 aromatic rings. The van der Waals surface area contributed by atoms with Crippen LogP contribution < -0.4 is 16.6 Å². The second kappa shape index (κ2) is 6.92. The van der Waals surface area contributed by atoms with Crippen LogP contribution >= 0.6 is 0 Å². The maximum absolute atomic E-state index is 12.9. The van der Waals surface area contributed by atoms with Crippen molar-refractivity contribution in [2.45, 2.75) is 32.2 Å². The fourth-order valence-electron chi connectivity index (χ4n) is 3.90. The van der Waals surface area contributed by atoms with Crippen molar-refractivity contribution < 1.29 is 14.4 Å². The number of imide groups is 1. The molecule has 10 heteroatoms. The predicted molar refractivity (Wildman–Crippen MR) is 99.9 cm³/mol. The molecule has 0 atom stereocenters. The number of amides is 4. The number of rotatable bonds is 3. The van der Waals surface area contributed by atoms with Gasteiger partial charge in [-0.15, -0.1) is 0 Å². The average molecular weight is 391 g/mol. The Morgan fingerprint density at radius 3 is 2.29 bits per heavy atom. The molecule has 152 valence electrons. The summed E-state index contributed by atoms with van der Waals surface area (Å²) < 4.78 is 2.07. The highest BCUT2D eigenvalue weighted by Crippen LogP contribution is 2.34. The predicted octanol–water partition coefficient (Wildman–Crippen LogP) is -0.733. The number of likely N-dealkylation sites (tertiary alicyclic amines) is 1. The minimum atomic E-state index is -0.948. The number of nitrogens with zero attached hydrogens (tertiary/aromatic N) is 4. The number of piperidine rings is 1. The van der Waals surface area contributed by atoms with E-state index in [-0.39, 0.29) is 30.6 Å². The van der Waals surface area contributed by atoms with Crippen LogP contribution in [0.15, 0.2) is 15.7 Å². The van der Waals surface area contributed by atoms with Gasteiger partial charge in [-0.1, -0.05) is 13.8 Å². The molecule has 4 amide bonds. The van der Waals surface area contributed by atoms with Crippen LogP contribution in [0.25, 0.3) is 0 Å². The lowest BCUT2D eigenvalue weighted by molar-refractivity contribution is -0.129. The third kappa shape index (κ3) is 3.02. The molecule has 2 saturated heterocycles. The Morgan fingerprint density at radius 1 is 1.11 bits per heavy atom. The van der Waals surface area contributed by atoms with Crippen molar-refractivity contribution >= 4 is 17.8 Å². The van der Waals surface area contributed by atoms with Gasteiger partial charge in [0.1, 0.15) is 11.2 Å². The first kappa shape index (κ1) is 19.8. The molecule has 2 aliphatic rings. The van der Waals surface area contributed by atoms with Crippen LogP contribution in [-0.2, 0) is 18.9 Å². The fraction of sp³-hybridized carbons (Fsp3) is 0.611. The maximum Gasteiger partial charge on any atom is 0.331 e. The molecule has 0 aromatic carbocycles. The van der Waals surface area contributed by atoms with Crippen LogP contribution in [0.2, 0.25) is 0 Å². The number of hydrogen-bond acceptors (Lipinski definition) is 5. The highest BCUT2D eigenvalue weighted by atomic mass is 16.2. The monoisotopic (exact) mass is 391 g/mol. The van der Waals surface area contributed by atoms with E-state index < -0.39 is 28.7 Å². The van der Waals surface area contributed by atoms with E-state index in [2.05, 4.69) is 5.32 Å². The molecular weight excluding hydrogens is 366 g/mol. The Balaban J connectivity index is 1.83. The zero-order valence-electron chi connectivity index (χ0n) is 16.5. The molecule has 1 aromatic heterocycles. The van der Waals surface area contributed by atoms with E-state index in [4.69, 9.17) is 0 Å². The third-order valence-corrected chi connectivity index (χ3v) is 5.58. The van der Waals surface area contributed by atoms with Gasteiger partial charge in [-0.05, 0) is 18.8 Å². The van der Waals surface area contributed by atoms with E-state index in [9.17, 15) is 24.0 Å². The van der Waals surface area contributed by atoms with Gasteiger partial charge in [-0.2, -0.15) is 0 Å². The normalized spacial score (nSPS) is 18.9. The molecule has 2 fully saturated rings. The lowest BCUT2D eigenvalue weighted by atomic mass is 9.85. The van der Waals surface area contributed by atoms with E-state index >= 15 is 0 Å². The van der Waals surface area contributed by atoms with Crippen molar-refractivity contribution in [3.05, 3.63) is 32.6 Å². The molecule has 1 spiro atoms. The first-order valence-electron chi connectivity index (χ1n) is 9.28. The van der Waals surface area contributed by atoms with Crippen molar-refractivity contribution in [3.63, 3.8) is 0 Å². The summed E-state index contributed by atoms with van der Waals surface area (Å²) in [6, 6.07) is 0.748. The third-order valence-electron chi connectivity index (χ3n) is 5.58. The van der Waals surface area contributed by atoms with Crippen molar-refractivity contribution in [2.24, 2.45) is 20.0 Å². The Labute approximate surface area is 161 Å². The van der Waals surface area contributed by atoms with Gasteiger partial charge >= 0.3 is 11.7 Å². The molecule has 0 unspecified atom stereocenters. The van der Waals surface area contributed by atoms with E-state index in [1.165, 1.54) is 19.0 Å². The number of urea groups is 1. The topological polar surface area (TPSA) is 114 Å². The summed E-state index contributed by atoms with van der Waals surface area (Å²) in [5.41, 5.74) is -2.07. The zero-order chi connectivity index (χ0) is 20.8. The summed E-state index contributed by atoms with van der Waals surface area (Å²) in [6.45, 7) is 4.89. The molecular formula is C18H25N5O5. The van der Waals surface area contributed by atoms with E-state index in [1.54, 1.807) is 4.90 Å². The Bertz CT molecular complexity index is 952. The number of nitrogens with one attached hydrogen (secondary N) is 1. The smallest absolute Gasteiger partial charge is 0.331 e. The molecule has 10 nitrogen and oxygen atoms in total. The molecule has 0 radical (unpaired) electrons. The molecule has 1 N–H and O–H groups in total. The largest absolute Gasteiger partial charge is 0.337 e. The van der Waals surface area contributed by atoms with Crippen molar-refractivity contribution in [1.29, 1.82) is 0 Å². The summed E-state index contributed by atoms with van der Waals surface area (Å²) >= 11 is 0. The van der Waals surface area contributed by atoms with E-state index in [0.717, 1.165) is 15.2 Å². The lowest BCUT2D eigenvalue weighted by Crippen LogP contribution is -2.58. The minimum absolute atomic E-state index is 0.00929. The number of carbonyl (C=O) groups excluding carboxylic acids is 3. The van der Waals surface area contributed by atoms with Crippen molar-refractivity contribution in [3.8, 4) is 0 Å². The van der Waals surface area contributed by atoms with Gasteiger partial charge in [0.15, 0.2) is 0 Å². The fourth-order valence-corrected chi connectivity index (χ4v) is 3.90. The first-order valence-corrected chi connectivity index (χ1v) is 9.28. The molecule has 0 saturated carbocycles. The van der Waals surface area contributed by atoms with Crippen LogP contribution in [0.3, 0.4) is 0 Å².